The van der Waals surface area contributed by atoms with Crippen LogP contribution in [0.2, 0.25) is 0 Å². The summed E-state index contributed by atoms with van der Waals surface area (Å²) in [4.78, 5) is 10.1. The Hall–Kier alpha value is -1.30. The largest absolute Gasteiger partial charge is 0.348 e. The predicted molar refractivity (Wildman–Crippen MR) is 33.8 cm³/mol. The zero-order chi connectivity index (χ0) is 6.53. The zero-order valence-electron chi connectivity index (χ0n) is 4.96. The van der Waals surface area contributed by atoms with E-state index >= 15 is 0 Å². The molecule has 0 radical (unpaired) electrons. The summed E-state index contributed by atoms with van der Waals surface area (Å²) in [6, 6.07) is 0. The molecular weight excluding hydrogens is 114 g/mol. The first-order chi connectivity index (χ1) is 4.43. The third-order valence-electron chi connectivity index (χ3n) is 1.02. The SMILES string of the molecule is [C-]#[N+]CCc1ncc[nH]1. The van der Waals surface area contributed by atoms with Crippen molar-refractivity contribution in [1.29, 1.82) is 0 Å². The van der Waals surface area contributed by atoms with Crippen LogP contribution < -0.4 is 0 Å². The Morgan fingerprint density at radius 3 is 3.22 bits per heavy atom. The first-order valence-corrected chi connectivity index (χ1v) is 2.75. The average Bonchev–Trinajstić information content (AvgIpc) is 2.34. The minimum Gasteiger partial charge on any atom is -0.348 e. The van der Waals surface area contributed by atoms with Gasteiger partial charge in [0.25, 0.3) is 0 Å². The lowest BCUT2D eigenvalue weighted by Crippen LogP contribution is -1.88. The van der Waals surface area contributed by atoms with Crippen LogP contribution in [-0.4, -0.2) is 16.5 Å². The Balaban J connectivity index is 2.41. The van der Waals surface area contributed by atoms with Crippen molar-refractivity contribution in [1.82, 2.24) is 9.97 Å². The number of hydrogen-bond donors (Lipinski definition) is 1. The van der Waals surface area contributed by atoms with Crippen molar-refractivity contribution in [3.8, 4) is 0 Å². The van der Waals surface area contributed by atoms with Crippen LogP contribution in [0.4, 0.5) is 0 Å². The van der Waals surface area contributed by atoms with Gasteiger partial charge in [-0.25, -0.2) is 11.6 Å². The Bertz CT molecular complexity index is 195. The number of aromatic nitrogens is 2. The number of nitrogens with zero attached hydrogens (tertiary/aromatic N) is 2. The molecule has 0 saturated heterocycles. The number of aromatic amines is 1. The van der Waals surface area contributed by atoms with E-state index in [4.69, 9.17) is 6.57 Å². The fraction of sp³-hybridized carbons (Fsp3) is 0.333. The summed E-state index contributed by atoms with van der Waals surface area (Å²) in [6.07, 6.45) is 4.19. The van der Waals surface area contributed by atoms with Gasteiger partial charge in [0.15, 0.2) is 0 Å². The molecule has 3 nitrogen and oxygen atoms in total. The summed E-state index contributed by atoms with van der Waals surface area (Å²) in [5, 5.41) is 0. The summed E-state index contributed by atoms with van der Waals surface area (Å²) in [7, 11) is 0. The van der Waals surface area contributed by atoms with Crippen LogP contribution in [-0.2, 0) is 6.42 Å². The molecule has 0 aliphatic heterocycles. The normalized spacial score (nSPS) is 8.78. The molecule has 9 heavy (non-hydrogen) atoms. The first kappa shape index (κ1) is 5.83. The maximum absolute atomic E-state index is 6.49. The number of hydrogen-bond acceptors (Lipinski definition) is 1. The van der Waals surface area contributed by atoms with Gasteiger partial charge in [-0.05, 0) is 0 Å². The number of rotatable bonds is 2. The minimum absolute atomic E-state index is 0.521. The fourth-order valence-corrected chi connectivity index (χ4v) is 0.596. The van der Waals surface area contributed by atoms with Gasteiger partial charge in [0.1, 0.15) is 5.82 Å². The van der Waals surface area contributed by atoms with Gasteiger partial charge in [0.2, 0.25) is 6.54 Å². The van der Waals surface area contributed by atoms with Gasteiger partial charge in [-0.15, -0.1) is 0 Å². The smallest absolute Gasteiger partial charge is 0.221 e. The van der Waals surface area contributed by atoms with Crippen molar-refractivity contribution in [2.75, 3.05) is 6.54 Å². The Morgan fingerprint density at radius 2 is 2.67 bits per heavy atom. The van der Waals surface area contributed by atoms with E-state index in [0.717, 1.165) is 12.2 Å². The summed E-state index contributed by atoms with van der Waals surface area (Å²) in [6.45, 7) is 7.01. The lowest BCUT2D eigenvalue weighted by Gasteiger charge is -1.82. The zero-order valence-corrected chi connectivity index (χ0v) is 4.96. The quantitative estimate of drug-likeness (QED) is 0.578. The van der Waals surface area contributed by atoms with Gasteiger partial charge in [0, 0.05) is 12.4 Å². The molecule has 1 aromatic heterocycles. The Kier molecular flexibility index (Phi) is 1.86. The molecule has 0 bridgehead atoms. The summed E-state index contributed by atoms with van der Waals surface area (Å²) in [5.74, 6) is 0.894. The second-order valence-corrected chi connectivity index (χ2v) is 1.67. The monoisotopic (exact) mass is 121 g/mol. The van der Waals surface area contributed by atoms with Crippen LogP contribution in [0, 0.1) is 6.57 Å². The molecule has 0 atom stereocenters. The number of H-pyrrole nitrogens is 1. The van der Waals surface area contributed by atoms with Gasteiger partial charge in [0.05, 0.1) is 6.42 Å². The fourth-order valence-electron chi connectivity index (χ4n) is 0.596. The molecule has 1 N–H and O–H groups in total. The Morgan fingerprint density at radius 1 is 1.78 bits per heavy atom. The molecule has 0 spiro atoms. The summed E-state index contributed by atoms with van der Waals surface area (Å²) >= 11 is 0. The Labute approximate surface area is 53.6 Å². The van der Waals surface area contributed by atoms with Gasteiger partial charge in [-0.3, -0.25) is 0 Å². The molecule has 0 aromatic carbocycles. The van der Waals surface area contributed by atoms with Crippen molar-refractivity contribution >= 4 is 0 Å². The van der Waals surface area contributed by atoms with E-state index < -0.39 is 0 Å². The van der Waals surface area contributed by atoms with E-state index in [1.54, 1.807) is 12.4 Å². The predicted octanol–water partition coefficient (Wildman–Crippen LogP) is 0.871. The molecule has 1 aromatic rings. The van der Waals surface area contributed by atoms with Gasteiger partial charge < -0.3 is 9.83 Å². The molecule has 0 amide bonds. The van der Waals surface area contributed by atoms with Crippen LogP contribution in [0.3, 0.4) is 0 Å². The molecule has 0 aliphatic carbocycles. The highest BCUT2D eigenvalue weighted by Gasteiger charge is 1.93. The van der Waals surface area contributed by atoms with Crippen LogP contribution in [0.5, 0.6) is 0 Å². The van der Waals surface area contributed by atoms with E-state index in [9.17, 15) is 0 Å². The molecule has 0 unspecified atom stereocenters. The highest BCUT2D eigenvalue weighted by molar-refractivity contribution is 4.88. The molecule has 1 rings (SSSR count). The minimum atomic E-state index is 0.521. The number of imidazole rings is 1. The standard InChI is InChI=1S/C6H7N3/c1-7-3-2-6-8-4-5-9-6/h4-5H,2-3H2,(H,8,9). The lowest BCUT2D eigenvalue weighted by atomic mass is 10.4. The molecule has 0 aliphatic rings. The van der Waals surface area contributed by atoms with Crippen LogP contribution in [0.25, 0.3) is 4.85 Å². The van der Waals surface area contributed by atoms with Crippen LogP contribution in [0.15, 0.2) is 12.4 Å². The van der Waals surface area contributed by atoms with E-state index in [0.29, 0.717) is 6.54 Å². The highest BCUT2D eigenvalue weighted by Crippen LogP contribution is 1.88. The van der Waals surface area contributed by atoms with Crippen LogP contribution in [0.1, 0.15) is 5.82 Å². The second-order valence-electron chi connectivity index (χ2n) is 1.67. The average molecular weight is 121 g/mol. The topological polar surface area (TPSA) is 33.0 Å². The van der Waals surface area contributed by atoms with E-state index in [1.165, 1.54) is 0 Å². The first-order valence-electron chi connectivity index (χ1n) is 2.75. The number of nitrogens with one attached hydrogen (secondary N) is 1. The van der Waals surface area contributed by atoms with Crippen molar-refractivity contribution < 1.29 is 0 Å². The van der Waals surface area contributed by atoms with Crippen molar-refractivity contribution in [2.45, 2.75) is 6.42 Å². The molecule has 3 heteroatoms. The summed E-state index contributed by atoms with van der Waals surface area (Å²) < 4.78 is 0. The molecule has 0 fully saturated rings. The van der Waals surface area contributed by atoms with Crippen molar-refractivity contribution in [3.63, 3.8) is 0 Å². The molecule has 1 heterocycles. The van der Waals surface area contributed by atoms with E-state index in [1.807, 2.05) is 0 Å². The lowest BCUT2D eigenvalue weighted by molar-refractivity contribution is 0.959. The molecular formula is C6H7N3. The highest BCUT2D eigenvalue weighted by atomic mass is 14.9. The maximum atomic E-state index is 6.49. The molecule has 0 saturated carbocycles. The molecule has 46 valence electrons. The maximum Gasteiger partial charge on any atom is 0.221 e. The van der Waals surface area contributed by atoms with Gasteiger partial charge in [-0.2, -0.15) is 0 Å². The van der Waals surface area contributed by atoms with E-state index in [-0.39, 0.29) is 0 Å². The third kappa shape index (κ3) is 1.57. The van der Waals surface area contributed by atoms with Crippen molar-refractivity contribution in [2.24, 2.45) is 0 Å². The van der Waals surface area contributed by atoms with Gasteiger partial charge in [-0.1, -0.05) is 0 Å². The van der Waals surface area contributed by atoms with E-state index in [2.05, 4.69) is 14.8 Å². The summed E-state index contributed by atoms with van der Waals surface area (Å²) in [5.41, 5.74) is 0. The van der Waals surface area contributed by atoms with Crippen LogP contribution >= 0.6 is 0 Å². The van der Waals surface area contributed by atoms with Crippen molar-refractivity contribution in [3.05, 3.63) is 29.6 Å². The second kappa shape index (κ2) is 2.88. The van der Waals surface area contributed by atoms with Gasteiger partial charge >= 0.3 is 0 Å². The third-order valence-corrected chi connectivity index (χ3v) is 1.02.